The van der Waals surface area contributed by atoms with Crippen molar-refractivity contribution in [1.82, 2.24) is 0 Å². The SMILES string of the molecule is CC(CN)(CC1Cc2ccccc2S1)C1CC1. The molecule has 1 fully saturated rings. The average Bonchev–Trinajstić information content (AvgIpc) is 3.11. The van der Waals surface area contributed by atoms with E-state index in [0.29, 0.717) is 5.41 Å². The molecule has 0 saturated heterocycles. The highest BCUT2D eigenvalue weighted by atomic mass is 32.2. The summed E-state index contributed by atoms with van der Waals surface area (Å²) in [6.45, 7) is 3.25. The molecule has 2 atom stereocenters. The van der Waals surface area contributed by atoms with Crippen molar-refractivity contribution in [3.63, 3.8) is 0 Å². The van der Waals surface area contributed by atoms with E-state index in [1.54, 1.807) is 0 Å². The van der Waals surface area contributed by atoms with Crippen molar-refractivity contribution in [3.05, 3.63) is 29.8 Å². The number of thioether (sulfide) groups is 1. The Morgan fingerprint density at radius 1 is 1.35 bits per heavy atom. The van der Waals surface area contributed by atoms with Crippen molar-refractivity contribution in [2.24, 2.45) is 17.1 Å². The van der Waals surface area contributed by atoms with Crippen LogP contribution in [0.1, 0.15) is 31.7 Å². The summed E-state index contributed by atoms with van der Waals surface area (Å²) in [5.41, 5.74) is 7.95. The van der Waals surface area contributed by atoms with Gasteiger partial charge in [0, 0.05) is 10.1 Å². The number of hydrogen-bond donors (Lipinski definition) is 1. The normalized spacial score (nSPS) is 26.6. The van der Waals surface area contributed by atoms with Crippen LogP contribution >= 0.6 is 11.8 Å². The van der Waals surface area contributed by atoms with E-state index in [0.717, 1.165) is 17.7 Å². The van der Waals surface area contributed by atoms with Crippen molar-refractivity contribution in [2.45, 2.75) is 42.8 Å². The lowest BCUT2D eigenvalue weighted by Gasteiger charge is -2.30. The number of rotatable bonds is 4. The van der Waals surface area contributed by atoms with Crippen LogP contribution in [0.5, 0.6) is 0 Å². The van der Waals surface area contributed by atoms with Gasteiger partial charge in [0.15, 0.2) is 0 Å². The van der Waals surface area contributed by atoms with Crippen LogP contribution in [-0.4, -0.2) is 11.8 Å². The monoisotopic (exact) mass is 247 g/mol. The Bertz CT molecular complexity index is 388. The van der Waals surface area contributed by atoms with Crippen LogP contribution in [0.25, 0.3) is 0 Å². The van der Waals surface area contributed by atoms with Crippen LogP contribution < -0.4 is 5.73 Å². The molecule has 2 N–H and O–H groups in total. The second kappa shape index (κ2) is 4.33. The summed E-state index contributed by atoms with van der Waals surface area (Å²) in [5.74, 6) is 0.900. The van der Waals surface area contributed by atoms with E-state index in [1.807, 2.05) is 0 Å². The van der Waals surface area contributed by atoms with Crippen LogP contribution in [-0.2, 0) is 6.42 Å². The Balaban J connectivity index is 1.68. The molecule has 3 rings (SSSR count). The molecular formula is C15H21NS. The minimum absolute atomic E-state index is 0.389. The van der Waals surface area contributed by atoms with Gasteiger partial charge in [0.05, 0.1) is 0 Å². The van der Waals surface area contributed by atoms with Crippen LogP contribution in [0, 0.1) is 11.3 Å². The van der Waals surface area contributed by atoms with E-state index in [9.17, 15) is 0 Å². The topological polar surface area (TPSA) is 26.0 Å². The Hall–Kier alpha value is -0.470. The molecule has 1 saturated carbocycles. The van der Waals surface area contributed by atoms with Gasteiger partial charge >= 0.3 is 0 Å². The van der Waals surface area contributed by atoms with Crippen molar-refractivity contribution < 1.29 is 0 Å². The third-order valence-corrected chi connectivity index (χ3v) is 5.76. The van der Waals surface area contributed by atoms with Crippen molar-refractivity contribution in [3.8, 4) is 0 Å². The van der Waals surface area contributed by atoms with Gasteiger partial charge in [0.2, 0.25) is 0 Å². The summed E-state index contributed by atoms with van der Waals surface area (Å²) < 4.78 is 0. The first-order chi connectivity index (χ1) is 8.21. The lowest BCUT2D eigenvalue weighted by molar-refractivity contribution is 0.258. The maximum Gasteiger partial charge on any atom is 0.0141 e. The predicted molar refractivity (Wildman–Crippen MR) is 74.3 cm³/mol. The first-order valence-corrected chi connectivity index (χ1v) is 7.54. The molecule has 2 aliphatic rings. The summed E-state index contributed by atoms with van der Waals surface area (Å²) >= 11 is 2.07. The largest absolute Gasteiger partial charge is 0.330 e. The smallest absolute Gasteiger partial charge is 0.0141 e. The Labute approximate surface area is 108 Å². The molecule has 92 valence electrons. The second-order valence-electron chi connectivity index (χ2n) is 5.89. The molecule has 1 aliphatic carbocycles. The maximum absolute atomic E-state index is 6.02. The number of hydrogen-bond acceptors (Lipinski definition) is 2. The molecular weight excluding hydrogens is 226 g/mol. The lowest BCUT2D eigenvalue weighted by Crippen LogP contribution is -2.32. The molecule has 1 aromatic carbocycles. The third kappa shape index (κ3) is 2.25. The third-order valence-electron chi connectivity index (χ3n) is 4.44. The van der Waals surface area contributed by atoms with Gasteiger partial charge in [-0.25, -0.2) is 0 Å². The number of benzene rings is 1. The Morgan fingerprint density at radius 3 is 2.76 bits per heavy atom. The highest BCUT2D eigenvalue weighted by Crippen LogP contribution is 2.51. The minimum Gasteiger partial charge on any atom is -0.330 e. The van der Waals surface area contributed by atoms with E-state index in [1.165, 1.54) is 36.1 Å². The fraction of sp³-hybridized carbons (Fsp3) is 0.600. The molecule has 17 heavy (non-hydrogen) atoms. The zero-order chi connectivity index (χ0) is 11.9. The van der Waals surface area contributed by atoms with Gasteiger partial charge in [-0.3, -0.25) is 0 Å². The second-order valence-corrected chi connectivity index (χ2v) is 7.23. The van der Waals surface area contributed by atoms with Crippen LogP contribution in [0.2, 0.25) is 0 Å². The number of fused-ring (bicyclic) bond motifs is 1. The molecule has 0 spiro atoms. The maximum atomic E-state index is 6.02. The van der Waals surface area contributed by atoms with Crippen LogP contribution in [0.15, 0.2) is 29.2 Å². The minimum atomic E-state index is 0.389. The van der Waals surface area contributed by atoms with Crippen molar-refractivity contribution in [2.75, 3.05) is 6.54 Å². The van der Waals surface area contributed by atoms with Gasteiger partial charge < -0.3 is 5.73 Å². The Morgan fingerprint density at radius 2 is 2.12 bits per heavy atom. The summed E-state index contributed by atoms with van der Waals surface area (Å²) in [4.78, 5) is 1.49. The standard InChI is InChI=1S/C15H21NS/c1-15(10-16,12-6-7-12)9-13-8-11-4-2-3-5-14(11)17-13/h2-5,12-13H,6-10,16H2,1H3. The molecule has 1 heterocycles. The van der Waals surface area contributed by atoms with Gasteiger partial charge in [0.1, 0.15) is 0 Å². The lowest BCUT2D eigenvalue weighted by atomic mass is 9.79. The fourth-order valence-corrected chi connectivity index (χ4v) is 4.63. The van der Waals surface area contributed by atoms with Gasteiger partial charge in [-0.1, -0.05) is 25.1 Å². The van der Waals surface area contributed by atoms with Crippen molar-refractivity contribution in [1.29, 1.82) is 0 Å². The highest BCUT2D eigenvalue weighted by Gasteiger charge is 2.42. The number of nitrogens with two attached hydrogens (primary N) is 1. The molecule has 2 heteroatoms. The van der Waals surface area contributed by atoms with E-state index in [2.05, 4.69) is 43.0 Å². The molecule has 0 bridgehead atoms. The highest BCUT2D eigenvalue weighted by molar-refractivity contribution is 8.00. The van der Waals surface area contributed by atoms with Gasteiger partial charge in [-0.15, -0.1) is 11.8 Å². The van der Waals surface area contributed by atoms with E-state index in [-0.39, 0.29) is 0 Å². The molecule has 2 unspecified atom stereocenters. The van der Waals surface area contributed by atoms with Gasteiger partial charge in [-0.2, -0.15) is 0 Å². The van der Waals surface area contributed by atoms with Gasteiger partial charge in [-0.05, 0) is 55.2 Å². The predicted octanol–water partition coefficient (Wildman–Crippen LogP) is 3.47. The van der Waals surface area contributed by atoms with Crippen LogP contribution in [0.4, 0.5) is 0 Å². The Kier molecular flexibility index (Phi) is 2.95. The quantitative estimate of drug-likeness (QED) is 0.881. The van der Waals surface area contributed by atoms with E-state index < -0.39 is 0 Å². The molecule has 1 nitrogen and oxygen atoms in total. The molecule has 1 aliphatic heterocycles. The zero-order valence-electron chi connectivity index (χ0n) is 10.5. The average molecular weight is 247 g/mol. The van der Waals surface area contributed by atoms with E-state index >= 15 is 0 Å². The fourth-order valence-electron chi connectivity index (χ4n) is 3.08. The van der Waals surface area contributed by atoms with Crippen LogP contribution in [0.3, 0.4) is 0 Å². The molecule has 1 aromatic rings. The zero-order valence-corrected chi connectivity index (χ0v) is 11.3. The molecule has 0 aromatic heterocycles. The summed E-state index contributed by atoms with van der Waals surface area (Å²) in [6, 6.07) is 8.85. The first kappa shape index (κ1) is 11.6. The summed E-state index contributed by atoms with van der Waals surface area (Å²) in [5, 5.41) is 0.751. The first-order valence-electron chi connectivity index (χ1n) is 6.66. The summed E-state index contributed by atoms with van der Waals surface area (Å²) in [6.07, 6.45) is 5.33. The van der Waals surface area contributed by atoms with E-state index in [4.69, 9.17) is 5.73 Å². The van der Waals surface area contributed by atoms with Crippen molar-refractivity contribution >= 4 is 11.8 Å². The van der Waals surface area contributed by atoms with Gasteiger partial charge in [0.25, 0.3) is 0 Å². The molecule has 0 amide bonds. The summed E-state index contributed by atoms with van der Waals surface area (Å²) in [7, 11) is 0. The molecule has 0 radical (unpaired) electrons.